The number of hydrogen-bond acceptors (Lipinski definition) is 1. The Labute approximate surface area is 135 Å². The summed E-state index contributed by atoms with van der Waals surface area (Å²) in [5, 5.41) is 4.53. The second-order valence-corrected chi connectivity index (χ2v) is 5.78. The maximum absolute atomic E-state index is 4.73. The Hall–Kier alpha value is -2.93. The van der Waals surface area contributed by atoms with Gasteiger partial charge in [0.1, 0.15) is 0 Å². The van der Waals surface area contributed by atoms with E-state index < -0.39 is 0 Å². The Balaban J connectivity index is 2.22. The fraction of sp³-hybridized carbons (Fsp3) is 0.0455. The van der Waals surface area contributed by atoms with Gasteiger partial charge in [-0.3, -0.25) is 4.99 Å². The van der Waals surface area contributed by atoms with Crippen LogP contribution < -0.4 is 21.0 Å². The molecule has 0 saturated heterocycles. The van der Waals surface area contributed by atoms with Crippen molar-refractivity contribution >= 4 is 17.8 Å². The lowest BCUT2D eigenvalue weighted by molar-refractivity contribution is 1.31. The molecule has 0 fully saturated rings. The quantitative estimate of drug-likeness (QED) is 0.651. The molecule has 110 valence electrons. The zero-order chi connectivity index (χ0) is 15.6. The molecule has 1 aliphatic heterocycles. The molecule has 23 heavy (non-hydrogen) atoms. The summed E-state index contributed by atoms with van der Waals surface area (Å²) in [6, 6.07) is 25.3. The summed E-state index contributed by atoms with van der Waals surface area (Å²) < 4.78 is 0. The molecule has 0 unspecified atom stereocenters. The molecule has 3 aromatic rings. The smallest absolute Gasteiger partial charge is 0.0708 e. The van der Waals surface area contributed by atoms with Crippen molar-refractivity contribution < 1.29 is 0 Å². The second kappa shape index (κ2) is 5.69. The molecule has 0 radical (unpaired) electrons. The van der Waals surface area contributed by atoms with Gasteiger partial charge in [-0.05, 0) is 46.2 Å². The number of hydrogen-bond donors (Lipinski definition) is 0. The number of para-hydroxylation sites is 1. The molecule has 0 bridgehead atoms. The molecule has 4 rings (SSSR count). The molecule has 1 aliphatic rings. The molecule has 1 nitrogen and oxygen atoms in total. The highest BCUT2D eigenvalue weighted by Crippen LogP contribution is 2.17. The fourth-order valence-electron chi connectivity index (χ4n) is 3.04. The van der Waals surface area contributed by atoms with Crippen LogP contribution in [-0.2, 0) is 0 Å². The van der Waals surface area contributed by atoms with Crippen LogP contribution >= 0.6 is 0 Å². The monoisotopic (exact) mass is 295 g/mol. The molecule has 3 aromatic carbocycles. The highest BCUT2D eigenvalue weighted by molar-refractivity contribution is 5.89. The van der Waals surface area contributed by atoms with E-state index in [9.17, 15) is 0 Å². The Morgan fingerprint density at radius 3 is 2.26 bits per heavy atom. The van der Waals surface area contributed by atoms with Gasteiger partial charge in [0.25, 0.3) is 0 Å². The summed E-state index contributed by atoms with van der Waals surface area (Å²) >= 11 is 0. The van der Waals surface area contributed by atoms with Gasteiger partial charge in [-0.1, -0.05) is 66.7 Å². The molecule has 0 aromatic heterocycles. The second-order valence-electron chi connectivity index (χ2n) is 5.78. The van der Waals surface area contributed by atoms with Gasteiger partial charge in [-0.15, -0.1) is 0 Å². The lowest BCUT2D eigenvalue weighted by atomic mass is 9.96. The zero-order valence-electron chi connectivity index (χ0n) is 13.0. The maximum atomic E-state index is 4.73. The van der Waals surface area contributed by atoms with Gasteiger partial charge < -0.3 is 0 Å². The minimum Gasteiger partial charge on any atom is -0.256 e. The van der Waals surface area contributed by atoms with Crippen LogP contribution in [0.3, 0.4) is 0 Å². The summed E-state index contributed by atoms with van der Waals surface area (Å²) in [5.74, 6) is 0. The van der Waals surface area contributed by atoms with Gasteiger partial charge in [-0.25, -0.2) is 0 Å². The van der Waals surface area contributed by atoms with E-state index in [2.05, 4.69) is 79.7 Å². The van der Waals surface area contributed by atoms with Gasteiger partial charge in [0.15, 0.2) is 0 Å². The Morgan fingerprint density at radius 1 is 0.696 bits per heavy atom. The van der Waals surface area contributed by atoms with Crippen molar-refractivity contribution in [2.45, 2.75) is 6.92 Å². The van der Waals surface area contributed by atoms with Crippen LogP contribution in [-0.4, -0.2) is 0 Å². The van der Waals surface area contributed by atoms with Crippen LogP contribution in [0, 0.1) is 6.92 Å². The average molecular weight is 295 g/mol. The highest BCUT2D eigenvalue weighted by Gasteiger charge is 2.05. The SMILES string of the molecule is Cc1ccccc1C1=c2ccccc2=NC=c2ccccc2=C1. The largest absolute Gasteiger partial charge is 0.256 e. The zero-order valence-corrected chi connectivity index (χ0v) is 13.0. The topological polar surface area (TPSA) is 12.4 Å². The van der Waals surface area contributed by atoms with Crippen molar-refractivity contribution in [2.24, 2.45) is 4.99 Å². The number of benzene rings is 3. The first-order valence-electron chi connectivity index (χ1n) is 7.83. The fourth-order valence-corrected chi connectivity index (χ4v) is 3.04. The van der Waals surface area contributed by atoms with Crippen LogP contribution in [0.1, 0.15) is 11.1 Å². The van der Waals surface area contributed by atoms with Crippen molar-refractivity contribution in [3.8, 4) is 0 Å². The summed E-state index contributed by atoms with van der Waals surface area (Å²) in [6.07, 6.45) is 4.24. The molecule has 0 amide bonds. The molecular formula is C22H17N. The molecule has 0 aliphatic carbocycles. The van der Waals surface area contributed by atoms with Gasteiger partial charge in [0.05, 0.1) is 5.36 Å². The molecule has 0 spiro atoms. The van der Waals surface area contributed by atoms with Crippen LogP contribution in [0.25, 0.3) is 17.8 Å². The van der Waals surface area contributed by atoms with E-state index >= 15 is 0 Å². The van der Waals surface area contributed by atoms with Crippen LogP contribution in [0.15, 0.2) is 77.8 Å². The molecule has 1 heterocycles. The van der Waals surface area contributed by atoms with Gasteiger partial charge >= 0.3 is 0 Å². The van der Waals surface area contributed by atoms with Crippen molar-refractivity contribution in [2.75, 3.05) is 0 Å². The number of fused-ring (bicyclic) bond motifs is 2. The molecule has 0 atom stereocenters. The third kappa shape index (κ3) is 2.51. The number of rotatable bonds is 1. The first-order chi connectivity index (χ1) is 11.3. The van der Waals surface area contributed by atoms with Gasteiger partial charge in [0.2, 0.25) is 0 Å². The summed E-state index contributed by atoms with van der Waals surface area (Å²) in [7, 11) is 0. The van der Waals surface area contributed by atoms with E-state index in [0.29, 0.717) is 0 Å². The molecule has 0 saturated carbocycles. The van der Waals surface area contributed by atoms with E-state index in [0.717, 1.165) is 10.6 Å². The summed E-state index contributed by atoms with van der Waals surface area (Å²) in [4.78, 5) is 4.73. The van der Waals surface area contributed by atoms with Crippen LogP contribution in [0.4, 0.5) is 0 Å². The van der Waals surface area contributed by atoms with Crippen LogP contribution in [0.5, 0.6) is 0 Å². The van der Waals surface area contributed by atoms with E-state index in [1.54, 1.807) is 0 Å². The van der Waals surface area contributed by atoms with E-state index in [4.69, 9.17) is 4.99 Å². The molecule has 0 N–H and O–H groups in total. The number of aryl methyl sites for hydroxylation is 1. The average Bonchev–Trinajstić information content (AvgIpc) is 2.58. The van der Waals surface area contributed by atoms with Crippen molar-refractivity contribution in [1.29, 1.82) is 0 Å². The first kappa shape index (κ1) is 13.7. The standard InChI is InChI=1S/C22H17N/c1-16-8-2-5-11-19(16)21-14-17-9-3-4-10-18(17)15-23-22-13-7-6-12-20(21)22/h2-15H,1H3. The highest BCUT2D eigenvalue weighted by atomic mass is 14.7. The third-order valence-electron chi connectivity index (χ3n) is 4.27. The minimum atomic E-state index is 1.01. The number of nitrogens with zero attached hydrogens (tertiary/aromatic N) is 1. The Kier molecular flexibility index (Phi) is 3.39. The van der Waals surface area contributed by atoms with Crippen molar-refractivity contribution in [1.82, 2.24) is 0 Å². The Bertz CT molecular complexity index is 1120. The lowest BCUT2D eigenvalue weighted by Crippen LogP contribution is -2.32. The maximum Gasteiger partial charge on any atom is 0.0708 e. The van der Waals surface area contributed by atoms with Gasteiger partial charge in [-0.2, -0.15) is 0 Å². The summed E-state index contributed by atoms with van der Waals surface area (Å²) in [6.45, 7) is 2.16. The first-order valence-corrected chi connectivity index (χ1v) is 7.83. The summed E-state index contributed by atoms with van der Waals surface area (Å²) in [5.41, 5.74) is 3.76. The van der Waals surface area contributed by atoms with Crippen LogP contribution in [0.2, 0.25) is 0 Å². The van der Waals surface area contributed by atoms with E-state index in [1.165, 1.54) is 27.1 Å². The Morgan fingerprint density at radius 2 is 1.39 bits per heavy atom. The van der Waals surface area contributed by atoms with Crippen molar-refractivity contribution in [3.63, 3.8) is 0 Å². The lowest BCUT2D eigenvalue weighted by Gasteiger charge is -2.09. The molecule has 1 heteroatoms. The minimum absolute atomic E-state index is 1.01. The third-order valence-corrected chi connectivity index (χ3v) is 4.27. The van der Waals surface area contributed by atoms with Crippen molar-refractivity contribution in [3.05, 3.63) is 105 Å². The van der Waals surface area contributed by atoms with E-state index in [-0.39, 0.29) is 0 Å². The predicted octanol–water partition coefficient (Wildman–Crippen LogP) is 2.05. The van der Waals surface area contributed by atoms with E-state index in [1.807, 2.05) is 12.3 Å². The normalized spacial score (nSPS) is 12.7. The molecular weight excluding hydrogens is 278 g/mol. The van der Waals surface area contributed by atoms with Gasteiger partial charge in [0, 0.05) is 11.4 Å². The predicted molar refractivity (Wildman–Crippen MR) is 95.5 cm³/mol.